The lowest BCUT2D eigenvalue weighted by atomic mass is 10.1. The summed E-state index contributed by atoms with van der Waals surface area (Å²) in [4.78, 5) is 12.5. The van der Waals surface area contributed by atoms with Crippen LogP contribution in [0.4, 0.5) is 16.2 Å². The van der Waals surface area contributed by atoms with E-state index in [2.05, 4.69) is 15.2 Å². The second-order valence-electron chi connectivity index (χ2n) is 8.59. The number of nitrogens with zero attached hydrogens (tertiary/aromatic N) is 1. The Morgan fingerprint density at radius 3 is 2.33 bits per heavy atom. The summed E-state index contributed by atoms with van der Waals surface area (Å²) in [5, 5.41) is 6.75. The number of urea groups is 1. The Kier molecular flexibility index (Phi) is 6.24. The van der Waals surface area contributed by atoms with Crippen LogP contribution in [0.25, 0.3) is 10.9 Å². The smallest absolute Gasteiger partial charge is 0.323 e. The molecule has 0 radical (unpaired) electrons. The van der Waals surface area contributed by atoms with Crippen LogP contribution in [0.3, 0.4) is 0 Å². The zero-order chi connectivity index (χ0) is 23.4. The zero-order valence-corrected chi connectivity index (χ0v) is 19.0. The van der Waals surface area contributed by atoms with Crippen LogP contribution in [0.15, 0.2) is 79.0 Å². The molecule has 0 fully saturated rings. The molecule has 4 rings (SSSR count). The van der Waals surface area contributed by atoms with E-state index >= 15 is 0 Å². The van der Waals surface area contributed by atoms with Gasteiger partial charge in [0.15, 0.2) is 0 Å². The summed E-state index contributed by atoms with van der Waals surface area (Å²) >= 11 is 0. The van der Waals surface area contributed by atoms with Crippen LogP contribution in [0.1, 0.15) is 13.8 Å². The van der Waals surface area contributed by atoms with Crippen LogP contribution in [-0.4, -0.2) is 23.2 Å². The van der Waals surface area contributed by atoms with Gasteiger partial charge in [-0.2, -0.15) is 0 Å². The molecule has 3 aromatic carbocycles. The van der Waals surface area contributed by atoms with Gasteiger partial charge in [0.05, 0.1) is 7.11 Å². The van der Waals surface area contributed by atoms with Gasteiger partial charge in [0.2, 0.25) is 0 Å². The van der Waals surface area contributed by atoms with Gasteiger partial charge in [-0.05, 0) is 74.5 Å². The summed E-state index contributed by atoms with van der Waals surface area (Å²) in [7, 11) is 1.61. The molecule has 0 saturated carbocycles. The van der Waals surface area contributed by atoms with E-state index in [-0.39, 0.29) is 11.6 Å². The van der Waals surface area contributed by atoms with Crippen molar-refractivity contribution in [3.63, 3.8) is 0 Å². The van der Waals surface area contributed by atoms with Crippen LogP contribution < -0.4 is 25.8 Å². The average molecular weight is 445 g/mol. The highest BCUT2D eigenvalue weighted by molar-refractivity contribution is 6.01. The first-order valence-electron chi connectivity index (χ1n) is 10.7. The second kappa shape index (κ2) is 9.26. The number of carbonyl (C=O) groups excluding carboxylic acids is 1. The molecule has 0 spiro atoms. The van der Waals surface area contributed by atoms with E-state index < -0.39 is 0 Å². The van der Waals surface area contributed by atoms with Crippen LogP contribution in [0, 0.1) is 0 Å². The number of nitrogens with two attached hydrogens (primary N) is 1. The van der Waals surface area contributed by atoms with Crippen molar-refractivity contribution >= 4 is 28.3 Å². The number of carbonyl (C=O) groups is 1. The third-order valence-electron chi connectivity index (χ3n) is 5.00. The van der Waals surface area contributed by atoms with Gasteiger partial charge in [-0.15, -0.1) is 0 Å². The van der Waals surface area contributed by atoms with Gasteiger partial charge in [-0.25, -0.2) is 4.79 Å². The summed E-state index contributed by atoms with van der Waals surface area (Å²) < 4.78 is 13.2. The topological polar surface area (TPSA) is 90.5 Å². The maximum atomic E-state index is 12.5. The minimum absolute atomic E-state index is 0.308. The highest BCUT2D eigenvalue weighted by atomic mass is 16.5. The Hall–Kier alpha value is -3.97. The van der Waals surface area contributed by atoms with Gasteiger partial charge >= 0.3 is 6.03 Å². The molecule has 0 aliphatic rings. The molecule has 4 N–H and O–H groups in total. The standard InChI is InChI=1S/C26H28N4O3/c1-26(2,27)17-30-14-13-18-15-20(9-12-24(18)30)29-25(31)28-19-7-10-21(11-8-19)33-23-6-4-5-22(16-23)32-3/h4-16H,17,27H2,1-3H3,(H2,28,29,31). The largest absolute Gasteiger partial charge is 0.497 e. The Labute approximate surface area is 193 Å². The number of amides is 2. The molecule has 0 atom stereocenters. The molecule has 170 valence electrons. The second-order valence-corrected chi connectivity index (χ2v) is 8.59. The lowest BCUT2D eigenvalue weighted by Gasteiger charge is -2.20. The molecule has 7 nitrogen and oxygen atoms in total. The third kappa shape index (κ3) is 5.84. The van der Waals surface area contributed by atoms with E-state index in [1.54, 1.807) is 31.4 Å². The monoisotopic (exact) mass is 444 g/mol. The summed E-state index contributed by atoms with van der Waals surface area (Å²) in [5.41, 5.74) is 8.28. The Bertz CT molecular complexity index is 1260. The van der Waals surface area contributed by atoms with Crippen molar-refractivity contribution in [3.8, 4) is 17.2 Å². The number of benzene rings is 3. The van der Waals surface area contributed by atoms with Crippen molar-refractivity contribution in [2.45, 2.75) is 25.9 Å². The fourth-order valence-electron chi connectivity index (χ4n) is 3.56. The van der Waals surface area contributed by atoms with Crippen molar-refractivity contribution in [1.29, 1.82) is 0 Å². The van der Waals surface area contributed by atoms with Gasteiger partial charge in [-0.1, -0.05) is 6.07 Å². The fourth-order valence-corrected chi connectivity index (χ4v) is 3.56. The quantitative estimate of drug-likeness (QED) is 0.335. The third-order valence-corrected chi connectivity index (χ3v) is 5.00. The Morgan fingerprint density at radius 1 is 0.909 bits per heavy atom. The molecule has 0 saturated heterocycles. The first-order valence-corrected chi connectivity index (χ1v) is 10.7. The molecular formula is C26H28N4O3. The van der Waals surface area contributed by atoms with E-state index in [0.717, 1.165) is 16.7 Å². The van der Waals surface area contributed by atoms with Gasteiger partial charge < -0.3 is 30.4 Å². The molecule has 0 aliphatic heterocycles. The molecule has 1 aromatic heterocycles. The highest BCUT2D eigenvalue weighted by Gasteiger charge is 2.13. The summed E-state index contributed by atoms with van der Waals surface area (Å²) in [6, 6.07) is 22.0. The van der Waals surface area contributed by atoms with E-state index in [9.17, 15) is 4.79 Å². The fraction of sp³-hybridized carbons (Fsp3) is 0.192. The minimum atomic E-state index is -0.321. The van der Waals surface area contributed by atoms with Crippen LogP contribution in [0.2, 0.25) is 0 Å². The number of aromatic nitrogens is 1. The number of methoxy groups -OCH3 is 1. The summed E-state index contributed by atoms with van der Waals surface area (Å²) in [6.45, 7) is 4.70. The lowest BCUT2D eigenvalue weighted by Crippen LogP contribution is -2.36. The van der Waals surface area contributed by atoms with Gasteiger partial charge in [0, 0.05) is 46.6 Å². The Morgan fingerprint density at radius 2 is 1.61 bits per heavy atom. The maximum Gasteiger partial charge on any atom is 0.323 e. The van der Waals surface area contributed by atoms with Gasteiger partial charge in [0.1, 0.15) is 17.2 Å². The van der Waals surface area contributed by atoms with Crippen molar-refractivity contribution in [1.82, 2.24) is 4.57 Å². The maximum absolute atomic E-state index is 12.5. The van der Waals surface area contributed by atoms with Crippen LogP contribution in [-0.2, 0) is 6.54 Å². The lowest BCUT2D eigenvalue weighted by molar-refractivity contribution is 0.262. The van der Waals surface area contributed by atoms with E-state index in [4.69, 9.17) is 15.2 Å². The van der Waals surface area contributed by atoms with Crippen molar-refractivity contribution in [2.24, 2.45) is 5.73 Å². The number of hydrogen-bond acceptors (Lipinski definition) is 4. The predicted molar refractivity (Wildman–Crippen MR) is 132 cm³/mol. The highest BCUT2D eigenvalue weighted by Crippen LogP contribution is 2.26. The molecule has 0 unspecified atom stereocenters. The molecule has 0 bridgehead atoms. The molecule has 33 heavy (non-hydrogen) atoms. The number of nitrogens with one attached hydrogen (secondary N) is 2. The molecule has 1 heterocycles. The molecule has 0 aliphatic carbocycles. The summed E-state index contributed by atoms with van der Waals surface area (Å²) in [5.74, 6) is 2.05. The number of fused-ring (bicyclic) bond motifs is 1. The average Bonchev–Trinajstić information content (AvgIpc) is 3.15. The number of anilines is 2. The zero-order valence-electron chi connectivity index (χ0n) is 19.0. The summed E-state index contributed by atoms with van der Waals surface area (Å²) in [6.07, 6.45) is 2.01. The first kappa shape index (κ1) is 22.2. The molecule has 2 amide bonds. The van der Waals surface area contributed by atoms with Gasteiger partial charge in [-0.3, -0.25) is 0 Å². The van der Waals surface area contributed by atoms with Gasteiger partial charge in [0.25, 0.3) is 0 Å². The van der Waals surface area contributed by atoms with E-state index in [0.29, 0.717) is 29.4 Å². The van der Waals surface area contributed by atoms with Crippen LogP contribution in [0.5, 0.6) is 17.2 Å². The first-order chi connectivity index (χ1) is 15.8. The Balaban J connectivity index is 1.37. The number of ether oxygens (including phenoxy) is 2. The van der Waals surface area contributed by atoms with E-state index in [1.165, 1.54) is 0 Å². The molecule has 4 aromatic rings. The van der Waals surface area contributed by atoms with E-state index in [1.807, 2.05) is 68.6 Å². The van der Waals surface area contributed by atoms with Crippen molar-refractivity contribution < 1.29 is 14.3 Å². The molecular weight excluding hydrogens is 416 g/mol. The number of hydrogen-bond donors (Lipinski definition) is 3. The van der Waals surface area contributed by atoms with Crippen molar-refractivity contribution in [3.05, 3.63) is 79.0 Å². The number of rotatable bonds is 7. The predicted octanol–water partition coefficient (Wildman–Crippen LogP) is 5.82. The normalized spacial score (nSPS) is 11.3. The van der Waals surface area contributed by atoms with Crippen LogP contribution >= 0.6 is 0 Å². The van der Waals surface area contributed by atoms with Crippen molar-refractivity contribution in [2.75, 3.05) is 17.7 Å². The SMILES string of the molecule is COc1cccc(Oc2ccc(NC(=O)Nc3ccc4c(ccn4CC(C)(C)N)c3)cc2)c1. The minimum Gasteiger partial charge on any atom is -0.497 e. The molecule has 7 heteroatoms.